The molecule has 0 unspecified atom stereocenters. The molecule has 0 aromatic heterocycles. The molecule has 0 fully saturated rings. The summed E-state index contributed by atoms with van der Waals surface area (Å²) < 4.78 is 4.80. The number of nitrogens with zero attached hydrogens (tertiary/aromatic N) is 1. The molecule has 0 radical (unpaired) electrons. The van der Waals surface area contributed by atoms with Crippen LogP contribution in [0, 0.1) is 10.1 Å². The van der Waals surface area contributed by atoms with Crippen LogP contribution in [0.4, 0.5) is 5.69 Å². The van der Waals surface area contributed by atoms with Crippen LogP contribution in [0.15, 0.2) is 42.2 Å². The van der Waals surface area contributed by atoms with Gasteiger partial charge < -0.3 is 4.74 Å². The Morgan fingerprint density at radius 3 is 2.39 bits per heavy atom. The number of carbonyl (C=O) groups excluding carboxylic acids is 1. The van der Waals surface area contributed by atoms with E-state index >= 15 is 0 Å². The molecule has 1 aromatic carbocycles. The number of esters is 1. The topological polar surface area (TPSA) is 69.4 Å². The van der Waals surface area contributed by atoms with E-state index in [9.17, 15) is 14.9 Å². The number of rotatable bonds is 4. The van der Waals surface area contributed by atoms with Crippen molar-refractivity contribution in [2.24, 2.45) is 0 Å². The number of hydrogen-bond acceptors (Lipinski definition) is 4. The predicted molar refractivity (Wildman–Crippen MR) is 67.7 cm³/mol. The molecule has 0 saturated heterocycles. The summed E-state index contributed by atoms with van der Waals surface area (Å²) >= 11 is 0. The molecule has 5 nitrogen and oxygen atoms in total. The molecule has 0 aliphatic rings. The van der Waals surface area contributed by atoms with Crippen molar-refractivity contribution < 1.29 is 14.5 Å². The van der Waals surface area contributed by atoms with Gasteiger partial charge in [-0.25, -0.2) is 4.79 Å². The van der Waals surface area contributed by atoms with Gasteiger partial charge in [-0.3, -0.25) is 10.1 Å². The average molecular weight is 247 g/mol. The van der Waals surface area contributed by atoms with Crippen molar-refractivity contribution in [1.82, 2.24) is 0 Å². The second-order valence-corrected chi connectivity index (χ2v) is 3.81. The molecule has 0 spiro atoms. The van der Waals surface area contributed by atoms with Crippen LogP contribution < -0.4 is 0 Å². The second kappa shape index (κ2) is 6.34. The number of ether oxygens (including phenoxy) is 1. The van der Waals surface area contributed by atoms with Gasteiger partial charge in [0, 0.05) is 18.2 Å². The highest BCUT2D eigenvalue weighted by Crippen LogP contribution is 2.12. The second-order valence-electron chi connectivity index (χ2n) is 3.81. The SMILES string of the molecule is CC(C)=CC(=O)O/C=C/c1ccc([N+](=O)[O-])cc1. The minimum absolute atomic E-state index is 0.0219. The van der Waals surface area contributed by atoms with Gasteiger partial charge >= 0.3 is 5.97 Å². The summed E-state index contributed by atoms with van der Waals surface area (Å²) in [6, 6.07) is 5.92. The lowest BCUT2D eigenvalue weighted by Gasteiger charge is -1.95. The fourth-order valence-electron chi connectivity index (χ4n) is 1.16. The van der Waals surface area contributed by atoms with E-state index in [1.807, 2.05) is 0 Å². The van der Waals surface area contributed by atoms with Crippen LogP contribution in [0.1, 0.15) is 19.4 Å². The monoisotopic (exact) mass is 247 g/mol. The van der Waals surface area contributed by atoms with Crippen LogP contribution in [0.3, 0.4) is 0 Å². The molecule has 0 heterocycles. The van der Waals surface area contributed by atoms with Crippen molar-refractivity contribution in [2.75, 3.05) is 0 Å². The standard InChI is InChI=1S/C13H13NO4/c1-10(2)9-13(15)18-8-7-11-3-5-12(6-4-11)14(16)17/h3-9H,1-2H3/b8-7+. The largest absolute Gasteiger partial charge is 0.431 e. The van der Waals surface area contributed by atoms with Gasteiger partial charge in [0.2, 0.25) is 0 Å². The Kier molecular flexibility index (Phi) is 4.80. The smallest absolute Gasteiger partial charge is 0.335 e. The molecule has 0 amide bonds. The predicted octanol–water partition coefficient (Wildman–Crippen LogP) is 3.07. The van der Waals surface area contributed by atoms with E-state index in [0.29, 0.717) is 5.56 Å². The van der Waals surface area contributed by atoms with Crippen molar-refractivity contribution in [3.05, 3.63) is 57.9 Å². The van der Waals surface area contributed by atoms with Gasteiger partial charge in [0.05, 0.1) is 11.2 Å². The van der Waals surface area contributed by atoms with E-state index in [1.165, 1.54) is 24.5 Å². The average Bonchev–Trinajstić information content (AvgIpc) is 2.28. The van der Waals surface area contributed by atoms with Gasteiger partial charge in [-0.05, 0) is 37.6 Å². The summed E-state index contributed by atoms with van der Waals surface area (Å²) in [6.07, 6.45) is 4.18. The van der Waals surface area contributed by atoms with Crippen molar-refractivity contribution >= 4 is 17.7 Å². The number of nitro benzene ring substituents is 1. The maximum absolute atomic E-state index is 11.1. The van der Waals surface area contributed by atoms with Crippen LogP contribution in [0.2, 0.25) is 0 Å². The van der Waals surface area contributed by atoms with Crippen molar-refractivity contribution in [1.29, 1.82) is 0 Å². The first-order valence-corrected chi connectivity index (χ1v) is 5.25. The molecule has 18 heavy (non-hydrogen) atoms. The number of allylic oxidation sites excluding steroid dienone is 1. The van der Waals surface area contributed by atoms with Crippen LogP contribution in [0.25, 0.3) is 6.08 Å². The molecule has 0 aliphatic heterocycles. The molecule has 0 saturated carbocycles. The molecule has 0 bridgehead atoms. The third-order valence-corrected chi connectivity index (χ3v) is 1.96. The quantitative estimate of drug-likeness (QED) is 0.269. The number of benzene rings is 1. The Morgan fingerprint density at radius 2 is 1.89 bits per heavy atom. The zero-order valence-corrected chi connectivity index (χ0v) is 10.1. The van der Waals surface area contributed by atoms with Crippen LogP contribution in [-0.4, -0.2) is 10.9 Å². The molecule has 0 atom stereocenters. The van der Waals surface area contributed by atoms with Crippen LogP contribution in [-0.2, 0) is 9.53 Å². The fourth-order valence-corrected chi connectivity index (χ4v) is 1.16. The Morgan fingerprint density at radius 1 is 1.28 bits per heavy atom. The lowest BCUT2D eigenvalue weighted by molar-refractivity contribution is -0.384. The molecule has 0 aliphatic carbocycles. The third kappa shape index (κ3) is 4.61. The van der Waals surface area contributed by atoms with E-state index in [4.69, 9.17) is 4.74 Å². The maximum atomic E-state index is 11.1. The van der Waals surface area contributed by atoms with Gasteiger partial charge in [-0.2, -0.15) is 0 Å². The molecule has 5 heteroatoms. The number of nitro groups is 1. The maximum Gasteiger partial charge on any atom is 0.335 e. The highest BCUT2D eigenvalue weighted by atomic mass is 16.6. The first-order chi connectivity index (χ1) is 8.49. The Balaban J connectivity index is 2.60. The first-order valence-electron chi connectivity index (χ1n) is 5.25. The number of non-ortho nitro benzene ring substituents is 1. The highest BCUT2D eigenvalue weighted by molar-refractivity contribution is 5.83. The minimum Gasteiger partial charge on any atom is -0.431 e. The minimum atomic E-state index is -0.470. The summed E-state index contributed by atoms with van der Waals surface area (Å²) in [7, 11) is 0. The van der Waals surface area contributed by atoms with Crippen molar-refractivity contribution in [3.8, 4) is 0 Å². The molecule has 0 N–H and O–H groups in total. The lowest BCUT2D eigenvalue weighted by atomic mass is 10.2. The number of hydrogen-bond donors (Lipinski definition) is 0. The van der Waals surface area contributed by atoms with Gasteiger partial charge in [0.25, 0.3) is 5.69 Å². The lowest BCUT2D eigenvalue weighted by Crippen LogP contribution is -1.94. The van der Waals surface area contributed by atoms with Gasteiger partial charge in [-0.15, -0.1) is 0 Å². The van der Waals surface area contributed by atoms with Crippen LogP contribution in [0.5, 0.6) is 0 Å². The molecular weight excluding hydrogens is 234 g/mol. The summed E-state index contributed by atoms with van der Waals surface area (Å²) in [5.74, 6) is -0.451. The summed E-state index contributed by atoms with van der Waals surface area (Å²) in [5, 5.41) is 10.4. The van der Waals surface area contributed by atoms with Crippen molar-refractivity contribution in [2.45, 2.75) is 13.8 Å². The molecular formula is C13H13NO4. The van der Waals surface area contributed by atoms with Gasteiger partial charge in [0.1, 0.15) is 0 Å². The van der Waals surface area contributed by atoms with Gasteiger partial charge in [-0.1, -0.05) is 5.57 Å². The highest BCUT2D eigenvalue weighted by Gasteiger charge is 2.02. The van der Waals surface area contributed by atoms with Crippen LogP contribution >= 0.6 is 0 Å². The zero-order valence-electron chi connectivity index (χ0n) is 10.1. The van der Waals surface area contributed by atoms with E-state index in [0.717, 1.165) is 5.57 Å². The van der Waals surface area contributed by atoms with E-state index in [2.05, 4.69) is 0 Å². The Hall–Kier alpha value is -2.43. The number of carbonyl (C=O) groups is 1. The molecule has 1 rings (SSSR count). The van der Waals surface area contributed by atoms with E-state index in [-0.39, 0.29) is 5.69 Å². The zero-order chi connectivity index (χ0) is 13.5. The Bertz CT molecular complexity index is 496. The van der Waals surface area contributed by atoms with Crippen molar-refractivity contribution in [3.63, 3.8) is 0 Å². The van der Waals surface area contributed by atoms with E-state index < -0.39 is 10.9 Å². The molecule has 1 aromatic rings. The first kappa shape index (κ1) is 13.6. The summed E-state index contributed by atoms with van der Waals surface area (Å²) in [4.78, 5) is 21.1. The third-order valence-electron chi connectivity index (χ3n) is 1.96. The summed E-state index contributed by atoms with van der Waals surface area (Å²) in [5.41, 5.74) is 1.59. The van der Waals surface area contributed by atoms with E-state index in [1.54, 1.807) is 32.1 Å². The molecule has 94 valence electrons. The fraction of sp³-hybridized carbons (Fsp3) is 0.154. The summed E-state index contributed by atoms with van der Waals surface area (Å²) in [6.45, 7) is 3.59. The van der Waals surface area contributed by atoms with Gasteiger partial charge in [0.15, 0.2) is 0 Å². The Labute approximate surface area is 105 Å². The normalized spacial score (nSPS) is 10.1.